The Kier molecular flexibility index (Phi) is 7.37. The third-order valence-electron chi connectivity index (χ3n) is 4.33. The SMILES string of the molecule is CCOC(=O)c1[nH]c(C)c(C(=O)O[C@@H](C)C(=O)NCCc2ccccc2)c1C. The third-order valence-corrected chi connectivity index (χ3v) is 4.33. The van der Waals surface area contributed by atoms with Gasteiger partial charge in [0, 0.05) is 12.2 Å². The molecule has 0 unspecified atom stereocenters. The number of hydrogen-bond acceptors (Lipinski definition) is 5. The molecule has 2 N–H and O–H groups in total. The lowest BCUT2D eigenvalue weighted by Gasteiger charge is -2.14. The van der Waals surface area contributed by atoms with E-state index in [0.717, 1.165) is 5.56 Å². The second-order valence-electron chi connectivity index (χ2n) is 6.42. The molecule has 1 atom stereocenters. The number of nitrogens with one attached hydrogen (secondary N) is 2. The average Bonchev–Trinajstić information content (AvgIpc) is 2.97. The quantitative estimate of drug-likeness (QED) is 0.680. The van der Waals surface area contributed by atoms with E-state index in [-0.39, 0.29) is 23.8 Å². The number of aromatic nitrogens is 1. The molecule has 1 amide bonds. The van der Waals surface area contributed by atoms with Crippen LogP contribution in [0.1, 0.15) is 51.5 Å². The fourth-order valence-electron chi connectivity index (χ4n) is 2.86. The van der Waals surface area contributed by atoms with Gasteiger partial charge < -0.3 is 19.8 Å². The number of benzene rings is 1. The number of hydrogen-bond donors (Lipinski definition) is 2. The van der Waals surface area contributed by atoms with Crippen LogP contribution in [0.2, 0.25) is 0 Å². The number of H-pyrrole nitrogens is 1. The van der Waals surface area contributed by atoms with Crippen LogP contribution in [0.15, 0.2) is 30.3 Å². The molecule has 1 heterocycles. The van der Waals surface area contributed by atoms with E-state index in [9.17, 15) is 14.4 Å². The van der Waals surface area contributed by atoms with Crippen molar-refractivity contribution in [3.63, 3.8) is 0 Å². The second-order valence-corrected chi connectivity index (χ2v) is 6.42. The summed E-state index contributed by atoms with van der Waals surface area (Å²) >= 11 is 0. The van der Waals surface area contributed by atoms with Crippen molar-refractivity contribution in [2.24, 2.45) is 0 Å². The molecule has 0 bridgehead atoms. The Bertz CT molecular complexity index is 842. The molecule has 0 aliphatic carbocycles. The van der Waals surface area contributed by atoms with Crippen LogP contribution in [-0.4, -0.2) is 42.1 Å². The normalized spacial score (nSPS) is 11.6. The summed E-state index contributed by atoms with van der Waals surface area (Å²) in [7, 11) is 0. The number of aromatic amines is 1. The minimum Gasteiger partial charge on any atom is -0.461 e. The molecular weight excluding hydrogens is 360 g/mol. The van der Waals surface area contributed by atoms with Crippen LogP contribution in [0.5, 0.6) is 0 Å². The lowest BCUT2D eigenvalue weighted by Crippen LogP contribution is -2.37. The van der Waals surface area contributed by atoms with Crippen molar-refractivity contribution >= 4 is 17.8 Å². The molecule has 150 valence electrons. The van der Waals surface area contributed by atoms with E-state index >= 15 is 0 Å². The number of esters is 2. The molecule has 0 aliphatic heterocycles. The Morgan fingerprint density at radius 3 is 2.43 bits per heavy atom. The maximum absolute atomic E-state index is 12.5. The van der Waals surface area contributed by atoms with E-state index in [0.29, 0.717) is 24.2 Å². The van der Waals surface area contributed by atoms with Crippen molar-refractivity contribution in [3.8, 4) is 0 Å². The highest BCUT2D eigenvalue weighted by molar-refractivity contribution is 5.99. The first-order valence-corrected chi connectivity index (χ1v) is 9.24. The molecule has 0 aliphatic rings. The third kappa shape index (κ3) is 5.22. The van der Waals surface area contributed by atoms with E-state index in [2.05, 4.69) is 10.3 Å². The van der Waals surface area contributed by atoms with Gasteiger partial charge in [0.15, 0.2) is 6.10 Å². The fraction of sp³-hybridized carbons (Fsp3) is 0.381. The first-order valence-electron chi connectivity index (χ1n) is 9.24. The highest BCUT2D eigenvalue weighted by atomic mass is 16.5. The van der Waals surface area contributed by atoms with Crippen molar-refractivity contribution in [3.05, 3.63) is 58.4 Å². The summed E-state index contributed by atoms with van der Waals surface area (Å²) in [4.78, 5) is 39.5. The zero-order valence-corrected chi connectivity index (χ0v) is 16.6. The Hall–Kier alpha value is -3.09. The van der Waals surface area contributed by atoms with Crippen LogP contribution >= 0.6 is 0 Å². The van der Waals surface area contributed by atoms with Crippen molar-refractivity contribution in [2.45, 2.75) is 40.2 Å². The highest BCUT2D eigenvalue weighted by Crippen LogP contribution is 2.20. The maximum atomic E-state index is 12.5. The lowest BCUT2D eigenvalue weighted by atomic mass is 10.1. The summed E-state index contributed by atoms with van der Waals surface area (Å²) in [6, 6.07) is 9.77. The summed E-state index contributed by atoms with van der Waals surface area (Å²) in [5, 5.41) is 2.76. The Morgan fingerprint density at radius 1 is 1.11 bits per heavy atom. The molecule has 0 fully saturated rings. The van der Waals surface area contributed by atoms with Gasteiger partial charge in [-0.05, 0) is 45.2 Å². The average molecular weight is 386 g/mol. The summed E-state index contributed by atoms with van der Waals surface area (Å²) in [6.07, 6.45) is -0.269. The molecule has 2 rings (SSSR count). The van der Waals surface area contributed by atoms with Crippen LogP contribution in [-0.2, 0) is 20.7 Å². The Morgan fingerprint density at radius 2 is 1.79 bits per heavy atom. The van der Waals surface area contributed by atoms with E-state index in [1.54, 1.807) is 20.8 Å². The summed E-state index contributed by atoms with van der Waals surface area (Å²) in [5.41, 5.74) is 2.50. The molecule has 0 saturated heterocycles. The number of amides is 1. The van der Waals surface area contributed by atoms with E-state index < -0.39 is 18.0 Å². The molecule has 0 spiro atoms. The summed E-state index contributed by atoms with van der Waals surface area (Å²) < 4.78 is 10.3. The fourth-order valence-corrected chi connectivity index (χ4v) is 2.86. The van der Waals surface area contributed by atoms with Crippen molar-refractivity contribution in [1.29, 1.82) is 0 Å². The zero-order chi connectivity index (χ0) is 20.7. The molecule has 2 aromatic rings. The van der Waals surface area contributed by atoms with Gasteiger partial charge in [-0.15, -0.1) is 0 Å². The molecule has 7 heteroatoms. The van der Waals surface area contributed by atoms with Crippen molar-refractivity contribution in [1.82, 2.24) is 10.3 Å². The topological polar surface area (TPSA) is 97.5 Å². The van der Waals surface area contributed by atoms with Crippen molar-refractivity contribution < 1.29 is 23.9 Å². The minimum atomic E-state index is -0.956. The van der Waals surface area contributed by atoms with E-state index in [1.807, 2.05) is 30.3 Å². The second kappa shape index (κ2) is 9.73. The van der Waals surface area contributed by atoms with Crippen LogP contribution in [0.4, 0.5) is 0 Å². The van der Waals surface area contributed by atoms with Crippen LogP contribution in [0.3, 0.4) is 0 Å². The highest BCUT2D eigenvalue weighted by Gasteiger charge is 2.26. The van der Waals surface area contributed by atoms with Gasteiger partial charge in [0.1, 0.15) is 5.69 Å². The lowest BCUT2D eigenvalue weighted by molar-refractivity contribution is -0.129. The molecule has 0 saturated carbocycles. The number of rotatable bonds is 8. The molecule has 7 nitrogen and oxygen atoms in total. The molecule has 0 radical (unpaired) electrons. The van der Waals surface area contributed by atoms with Crippen molar-refractivity contribution in [2.75, 3.05) is 13.2 Å². The zero-order valence-electron chi connectivity index (χ0n) is 16.6. The smallest absolute Gasteiger partial charge is 0.355 e. The minimum absolute atomic E-state index is 0.214. The van der Waals surface area contributed by atoms with Gasteiger partial charge in [0.05, 0.1) is 12.2 Å². The molecule has 1 aromatic carbocycles. The van der Waals surface area contributed by atoms with Gasteiger partial charge in [-0.3, -0.25) is 4.79 Å². The molecule has 28 heavy (non-hydrogen) atoms. The predicted octanol–water partition coefficient (Wildman–Crippen LogP) is 2.71. The van der Waals surface area contributed by atoms with Crippen LogP contribution < -0.4 is 5.32 Å². The first kappa shape index (κ1) is 21.2. The predicted molar refractivity (Wildman–Crippen MR) is 104 cm³/mol. The van der Waals surface area contributed by atoms with Gasteiger partial charge in [0.2, 0.25) is 0 Å². The van der Waals surface area contributed by atoms with Gasteiger partial charge in [-0.1, -0.05) is 30.3 Å². The van der Waals surface area contributed by atoms with Crippen LogP contribution in [0, 0.1) is 13.8 Å². The number of carbonyl (C=O) groups excluding carboxylic acids is 3. The Labute approximate surface area is 164 Å². The van der Waals surface area contributed by atoms with Gasteiger partial charge in [-0.25, -0.2) is 9.59 Å². The van der Waals surface area contributed by atoms with Crippen LogP contribution in [0.25, 0.3) is 0 Å². The molecular formula is C21H26N2O5. The maximum Gasteiger partial charge on any atom is 0.355 e. The number of carbonyl (C=O) groups is 3. The summed E-state index contributed by atoms with van der Waals surface area (Å²) in [6.45, 7) is 7.19. The Balaban J connectivity index is 1.94. The van der Waals surface area contributed by atoms with E-state index in [1.165, 1.54) is 6.92 Å². The largest absolute Gasteiger partial charge is 0.461 e. The standard InChI is InChI=1S/C21H26N2O5/c1-5-27-21(26)18-13(2)17(14(3)23-18)20(25)28-15(4)19(24)22-12-11-16-9-7-6-8-10-16/h6-10,15,23H,5,11-12H2,1-4H3,(H,22,24)/t15-/m0/s1. The first-order chi connectivity index (χ1) is 13.3. The van der Waals surface area contributed by atoms with E-state index in [4.69, 9.17) is 9.47 Å². The number of ether oxygens (including phenoxy) is 2. The van der Waals surface area contributed by atoms with Gasteiger partial charge in [0.25, 0.3) is 5.91 Å². The van der Waals surface area contributed by atoms with Gasteiger partial charge >= 0.3 is 11.9 Å². The summed E-state index contributed by atoms with van der Waals surface area (Å²) in [5.74, 6) is -1.57. The number of aryl methyl sites for hydroxylation is 1. The molecule has 1 aromatic heterocycles. The van der Waals surface area contributed by atoms with Gasteiger partial charge in [-0.2, -0.15) is 0 Å². The monoisotopic (exact) mass is 386 g/mol.